The van der Waals surface area contributed by atoms with Gasteiger partial charge in [0.2, 0.25) is 5.91 Å². The van der Waals surface area contributed by atoms with Crippen LogP contribution < -0.4 is 11.1 Å². The molecule has 2 atom stereocenters. The second kappa shape index (κ2) is 6.89. The van der Waals surface area contributed by atoms with Gasteiger partial charge >= 0.3 is 5.97 Å². The SMILES string of the molecule is CC[C@H](C)[C@H](N)C(=O)NCc1cccc(C(=O)O)c1. The number of nitrogens with two attached hydrogens (primary N) is 1. The van der Waals surface area contributed by atoms with Crippen LogP contribution in [0.25, 0.3) is 0 Å². The highest BCUT2D eigenvalue weighted by Gasteiger charge is 2.18. The van der Waals surface area contributed by atoms with Crippen LogP contribution in [0.2, 0.25) is 0 Å². The number of hydrogen-bond acceptors (Lipinski definition) is 3. The standard InChI is InChI=1S/C14H20N2O3/c1-3-9(2)12(15)13(17)16-8-10-5-4-6-11(7-10)14(18)19/h4-7,9,12H,3,8,15H2,1-2H3,(H,16,17)(H,18,19)/t9-,12-/m0/s1. The number of hydrogen-bond donors (Lipinski definition) is 3. The molecule has 1 amide bonds. The summed E-state index contributed by atoms with van der Waals surface area (Å²) in [5.41, 5.74) is 6.75. The zero-order valence-electron chi connectivity index (χ0n) is 11.2. The van der Waals surface area contributed by atoms with Crippen LogP contribution >= 0.6 is 0 Å². The van der Waals surface area contributed by atoms with Crippen molar-refractivity contribution in [3.8, 4) is 0 Å². The molecule has 19 heavy (non-hydrogen) atoms. The van der Waals surface area contributed by atoms with Crippen LogP contribution in [0.1, 0.15) is 36.2 Å². The van der Waals surface area contributed by atoms with Crippen LogP contribution in [-0.4, -0.2) is 23.0 Å². The van der Waals surface area contributed by atoms with Crippen LogP contribution in [0.3, 0.4) is 0 Å². The largest absolute Gasteiger partial charge is 0.478 e. The van der Waals surface area contributed by atoms with E-state index < -0.39 is 12.0 Å². The predicted octanol–water partition coefficient (Wildman–Crippen LogP) is 1.37. The summed E-state index contributed by atoms with van der Waals surface area (Å²) in [7, 11) is 0. The lowest BCUT2D eigenvalue weighted by atomic mass is 9.99. The molecule has 1 aromatic rings. The maximum Gasteiger partial charge on any atom is 0.335 e. The number of carbonyl (C=O) groups excluding carboxylic acids is 1. The molecule has 0 radical (unpaired) electrons. The van der Waals surface area contributed by atoms with Crippen molar-refractivity contribution in [2.24, 2.45) is 11.7 Å². The minimum Gasteiger partial charge on any atom is -0.478 e. The molecule has 0 heterocycles. The van der Waals surface area contributed by atoms with Crippen molar-refractivity contribution in [1.82, 2.24) is 5.32 Å². The zero-order valence-corrected chi connectivity index (χ0v) is 11.2. The lowest BCUT2D eigenvalue weighted by Gasteiger charge is -2.17. The Morgan fingerprint density at radius 1 is 1.42 bits per heavy atom. The fraction of sp³-hybridized carbons (Fsp3) is 0.429. The second-order valence-electron chi connectivity index (χ2n) is 4.63. The third-order valence-electron chi connectivity index (χ3n) is 3.20. The first-order valence-electron chi connectivity index (χ1n) is 6.31. The molecule has 1 aromatic carbocycles. The lowest BCUT2D eigenvalue weighted by molar-refractivity contribution is -0.123. The van der Waals surface area contributed by atoms with E-state index >= 15 is 0 Å². The van der Waals surface area contributed by atoms with Crippen molar-refractivity contribution in [3.05, 3.63) is 35.4 Å². The van der Waals surface area contributed by atoms with Gasteiger partial charge in [-0.2, -0.15) is 0 Å². The minimum atomic E-state index is -0.982. The van der Waals surface area contributed by atoms with E-state index in [1.807, 2.05) is 13.8 Å². The molecule has 1 rings (SSSR count). The summed E-state index contributed by atoms with van der Waals surface area (Å²) in [5, 5.41) is 11.6. The fourth-order valence-electron chi connectivity index (χ4n) is 1.63. The Labute approximate surface area is 112 Å². The van der Waals surface area contributed by atoms with E-state index in [-0.39, 0.29) is 23.9 Å². The van der Waals surface area contributed by atoms with E-state index in [0.29, 0.717) is 0 Å². The number of carboxylic acid groups (broad SMARTS) is 1. The highest BCUT2D eigenvalue weighted by atomic mass is 16.4. The van der Waals surface area contributed by atoms with Crippen molar-refractivity contribution in [2.75, 3.05) is 0 Å². The number of aromatic carboxylic acids is 1. The van der Waals surface area contributed by atoms with Crippen LogP contribution in [0.4, 0.5) is 0 Å². The Bertz CT molecular complexity index is 460. The average Bonchev–Trinajstić information content (AvgIpc) is 2.43. The molecule has 0 bridgehead atoms. The second-order valence-corrected chi connectivity index (χ2v) is 4.63. The first-order valence-corrected chi connectivity index (χ1v) is 6.31. The first-order chi connectivity index (χ1) is 8.95. The molecule has 0 aliphatic rings. The Morgan fingerprint density at radius 2 is 2.11 bits per heavy atom. The summed E-state index contributed by atoms with van der Waals surface area (Å²) < 4.78 is 0. The van der Waals surface area contributed by atoms with Crippen LogP contribution in [0, 0.1) is 5.92 Å². The predicted molar refractivity (Wildman–Crippen MR) is 72.7 cm³/mol. The van der Waals surface area contributed by atoms with E-state index in [1.54, 1.807) is 12.1 Å². The highest BCUT2D eigenvalue weighted by Crippen LogP contribution is 2.07. The highest BCUT2D eigenvalue weighted by molar-refractivity contribution is 5.87. The van der Waals surface area contributed by atoms with Gasteiger partial charge in [-0.3, -0.25) is 4.79 Å². The van der Waals surface area contributed by atoms with Gasteiger partial charge in [-0.15, -0.1) is 0 Å². The molecular formula is C14H20N2O3. The summed E-state index contributed by atoms with van der Waals surface area (Å²) in [4.78, 5) is 22.6. The first kappa shape index (κ1) is 15.2. The summed E-state index contributed by atoms with van der Waals surface area (Å²) in [6.45, 7) is 4.19. The number of amides is 1. The van der Waals surface area contributed by atoms with Crippen molar-refractivity contribution >= 4 is 11.9 Å². The van der Waals surface area contributed by atoms with E-state index in [0.717, 1.165) is 12.0 Å². The van der Waals surface area contributed by atoms with E-state index in [2.05, 4.69) is 5.32 Å². The molecule has 104 valence electrons. The zero-order chi connectivity index (χ0) is 14.4. The minimum absolute atomic E-state index is 0.116. The topological polar surface area (TPSA) is 92.4 Å². The van der Waals surface area contributed by atoms with Crippen molar-refractivity contribution < 1.29 is 14.7 Å². The average molecular weight is 264 g/mol. The summed E-state index contributed by atoms with van der Waals surface area (Å²) >= 11 is 0. The molecule has 0 saturated carbocycles. The van der Waals surface area contributed by atoms with Gasteiger partial charge in [0.05, 0.1) is 11.6 Å². The molecule has 0 spiro atoms. The van der Waals surface area contributed by atoms with Gasteiger partial charge in [-0.25, -0.2) is 4.79 Å². The number of nitrogens with one attached hydrogen (secondary N) is 1. The Kier molecular flexibility index (Phi) is 5.51. The van der Waals surface area contributed by atoms with Crippen LogP contribution in [0.5, 0.6) is 0 Å². The smallest absolute Gasteiger partial charge is 0.335 e. The van der Waals surface area contributed by atoms with E-state index in [9.17, 15) is 9.59 Å². The van der Waals surface area contributed by atoms with Crippen LogP contribution in [0.15, 0.2) is 24.3 Å². The molecule has 0 unspecified atom stereocenters. The Hall–Kier alpha value is -1.88. The quantitative estimate of drug-likeness (QED) is 0.723. The summed E-state index contributed by atoms with van der Waals surface area (Å²) in [6.07, 6.45) is 0.836. The molecule has 0 aromatic heterocycles. The molecule has 0 aliphatic heterocycles. The van der Waals surface area contributed by atoms with E-state index in [1.165, 1.54) is 12.1 Å². The van der Waals surface area contributed by atoms with Gasteiger partial charge < -0.3 is 16.2 Å². The van der Waals surface area contributed by atoms with Gasteiger partial charge in [0.25, 0.3) is 0 Å². The maximum atomic E-state index is 11.8. The lowest BCUT2D eigenvalue weighted by Crippen LogP contribution is -2.44. The fourth-order valence-corrected chi connectivity index (χ4v) is 1.63. The Balaban J connectivity index is 2.59. The van der Waals surface area contributed by atoms with Crippen molar-refractivity contribution in [1.29, 1.82) is 0 Å². The van der Waals surface area contributed by atoms with Gasteiger partial charge in [0.1, 0.15) is 0 Å². The Morgan fingerprint density at radius 3 is 2.68 bits per heavy atom. The maximum absolute atomic E-state index is 11.8. The summed E-state index contributed by atoms with van der Waals surface area (Å²) in [6, 6.07) is 5.93. The van der Waals surface area contributed by atoms with Gasteiger partial charge in [-0.1, -0.05) is 32.4 Å². The van der Waals surface area contributed by atoms with Crippen molar-refractivity contribution in [3.63, 3.8) is 0 Å². The molecule has 0 fully saturated rings. The molecule has 4 N–H and O–H groups in total. The molecule has 5 heteroatoms. The molecule has 0 aliphatic carbocycles. The number of benzene rings is 1. The van der Waals surface area contributed by atoms with E-state index in [4.69, 9.17) is 10.8 Å². The monoisotopic (exact) mass is 264 g/mol. The number of carboxylic acids is 1. The van der Waals surface area contributed by atoms with Gasteiger partial charge in [0, 0.05) is 6.54 Å². The number of rotatable bonds is 6. The third-order valence-corrected chi connectivity index (χ3v) is 3.20. The number of carbonyl (C=O) groups is 2. The molecule has 0 saturated heterocycles. The van der Waals surface area contributed by atoms with Gasteiger partial charge in [0.15, 0.2) is 0 Å². The van der Waals surface area contributed by atoms with Crippen LogP contribution in [-0.2, 0) is 11.3 Å². The van der Waals surface area contributed by atoms with Crippen molar-refractivity contribution in [2.45, 2.75) is 32.9 Å². The normalized spacial score (nSPS) is 13.6. The van der Waals surface area contributed by atoms with Gasteiger partial charge in [-0.05, 0) is 23.6 Å². The third kappa shape index (κ3) is 4.37. The molecular weight excluding hydrogens is 244 g/mol. The molecule has 5 nitrogen and oxygen atoms in total. The summed E-state index contributed by atoms with van der Waals surface area (Å²) in [5.74, 6) is -1.08.